The third-order valence-corrected chi connectivity index (χ3v) is 3.42. The van der Waals surface area contributed by atoms with Gasteiger partial charge in [0.05, 0.1) is 30.4 Å². The van der Waals surface area contributed by atoms with Crippen molar-refractivity contribution in [2.45, 2.75) is 19.9 Å². The predicted molar refractivity (Wildman–Crippen MR) is 83.3 cm³/mol. The summed E-state index contributed by atoms with van der Waals surface area (Å²) in [6, 6.07) is 7.54. The van der Waals surface area contributed by atoms with E-state index in [1.165, 1.54) is 6.20 Å². The summed E-state index contributed by atoms with van der Waals surface area (Å²) in [5, 5.41) is 10.9. The summed E-state index contributed by atoms with van der Waals surface area (Å²) in [6.45, 7) is 2.59. The molecule has 0 N–H and O–H groups in total. The molecule has 0 bridgehead atoms. The molecule has 0 aliphatic rings. The van der Waals surface area contributed by atoms with Gasteiger partial charge in [-0.05, 0) is 17.1 Å². The summed E-state index contributed by atoms with van der Waals surface area (Å²) in [4.78, 5) is 23.1. The second-order valence-electron chi connectivity index (χ2n) is 4.97. The molecule has 0 fully saturated rings. The van der Waals surface area contributed by atoms with Crippen molar-refractivity contribution in [1.29, 1.82) is 0 Å². The Hall–Kier alpha value is -3.03. The first-order valence-electron chi connectivity index (χ1n) is 7.16. The Morgan fingerprint density at radius 2 is 2.00 bits per heavy atom. The minimum Gasteiger partial charge on any atom is -0.476 e. The molecule has 0 saturated heterocycles. The van der Waals surface area contributed by atoms with Crippen LogP contribution in [0, 0.1) is 17.0 Å². The van der Waals surface area contributed by atoms with E-state index in [1.807, 2.05) is 24.3 Å². The Morgan fingerprint density at radius 1 is 1.22 bits per heavy atom. The summed E-state index contributed by atoms with van der Waals surface area (Å²) in [5.41, 5.74) is 1.58. The van der Waals surface area contributed by atoms with Crippen molar-refractivity contribution in [3.05, 3.63) is 52.6 Å². The normalized spacial score (nSPS) is 10.8. The van der Waals surface area contributed by atoms with Crippen molar-refractivity contribution < 1.29 is 9.66 Å². The van der Waals surface area contributed by atoms with Gasteiger partial charge < -0.3 is 14.9 Å². The Labute approximate surface area is 131 Å². The standard InChI is InChI=1S/C15H15N5O3/c1-11-16-10-15(20(21)22)19(11)7-4-8-23-14-9-17-12-5-2-3-6-13(12)18-14/h2-3,5-6,9-10H,4,7-8H2,1H3. The van der Waals surface area contributed by atoms with Gasteiger partial charge >= 0.3 is 5.82 Å². The van der Waals surface area contributed by atoms with Gasteiger partial charge in [0, 0.05) is 13.3 Å². The second kappa shape index (κ2) is 6.39. The molecular weight excluding hydrogens is 298 g/mol. The second-order valence-corrected chi connectivity index (χ2v) is 4.97. The Morgan fingerprint density at radius 3 is 2.78 bits per heavy atom. The number of fused-ring (bicyclic) bond motifs is 1. The number of ether oxygens (including phenoxy) is 1. The van der Waals surface area contributed by atoms with Gasteiger partial charge in [-0.2, -0.15) is 0 Å². The quantitative estimate of drug-likeness (QED) is 0.394. The van der Waals surface area contributed by atoms with Gasteiger partial charge in [0.2, 0.25) is 5.88 Å². The first kappa shape index (κ1) is 14.9. The minimum absolute atomic E-state index is 0.00648. The number of hydrogen-bond donors (Lipinski definition) is 0. The summed E-state index contributed by atoms with van der Waals surface area (Å²) in [7, 11) is 0. The van der Waals surface area contributed by atoms with Gasteiger partial charge in [0.15, 0.2) is 5.82 Å². The lowest BCUT2D eigenvalue weighted by atomic mass is 10.3. The SMILES string of the molecule is Cc1ncc([N+](=O)[O-])n1CCCOc1cnc2ccccc2n1. The van der Waals surface area contributed by atoms with Crippen molar-refractivity contribution in [2.75, 3.05) is 6.61 Å². The van der Waals surface area contributed by atoms with Crippen molar-refractivity contribution in [2.24, 2.45) is 0 Å². The molecule has 0 unspecified atom stereocenters. The third-order valence-electron chi connectivity index (χ3n) is 3.42. The summed E-state index contributed by atoms with van der Waals surface area (Å²) >= 11 is 0. The maximum atomic E-state index is 10.9. The van der Waals surface area contributed by atoms with Crippen LogP contribution >= 0.6 is 0 Å². The number of aromatic nitrogens is 4. The Kier molecular flexibility index (Phi) is 4.13. The number of para-hydroxylation sites is 2. The molecule has 0 atom stereocenters. The highest BCUT2D eigenvalue weighted by atomic mass is 16.6. The average Bonchev–Trinajstić information content (AvgIpc) is 2.92. The highest BCUT2D eigenvalue weighted by Crippen LogP contribution is 2.15. The fraction of sp³-hybridized carbons (Fsp3) is 0.267. The van der Waals surface area contributed by atoms with E-state index in [0.29, 0.717) is 31.3 Å². The first-order chi connectivity index (χ1) is 11.1. The van der Waals surface area contributed by atoms with Crippen LogP contribution in [-0.2, 0) is 6.54 Å². The fourth-order valence-electron chi connectivity index (χ4n) is 2.29. The topological polar surface area (TPSA) is 96.0 Å². The van der Waals surface area contributed by atoms with Gasteiger partial charge in [0.25, 0.3) is 0 Å². The lowest BCUT2D eigenvalue weighted by Crippen LogP contribution is -2.09. The minimum atomic E-state index is -0.435. The van der Waals surface area contributed by atoms with E-state index >= 15 is 0 Å². The monoisotopic (exact) mass is 313 g/mol. The highest BCUT2D eigenvalue weighted by molar-refractivity contribution is 5.73. The molecule has 0 saturated carbocycles. The molecule has 8 heteroatoms. The lowest BCUT2D eigenvalue weighted by molar-refractivity contribution is -0.392. The maximum absolute atomic E-state index is 10.9. The molecule has 3 rings (SSSR count). The van der Waals surface area contributed by atoms with Crippen LogP contribution in [0.4, 0.5) is 5.82 Å². The van der Waals surface area contributed by atoms with Gasteiger partial charge in [-0.3, -0.25) is 0 Å². The number of nitro groups is 1. The molecule has 8 nitrogen and oxygen atoms in total. The number of imidazole rings is 1. The van der Waals surface area contributed by atoms with E-state index in [4.69, 9.17) is 4.74 Å². The number of benzene rings is 1. The highest BCUT2D eigenvalue weighted by Gasteiger charge is 2.16. The van der Waals surface area contributed by atoms with Crippen molar-refractivity contribution in [3.63, 3.8) is 0 Å². The lowest BCUT2D eigenvalue weighted by Gasteiger charge is -2.06. The molecule has 0 amide bonds. The Balaban J connectivity index is 1.59. The zero-order chi connectivity index (χ0) is 16.2. The Bertz CT molecular complexity index is 846. The van der Waals surface area contributed by atoms with Crippen LogP contribution in [0.2, 0.25) is 0 Å². The third kappa shape index (κ3) is 3.25. The van der Waals surface area contributed by atoms with Gasteiger partial charge in [0.1, 0.15) is 6.20 Å². The molecular formula is C15H15N5O3. The van der Waals surface area contributed by atoms with Crippen LogP contribution in [-0.4, -0.2) is 31.0 Å². The molecule has 0 aliphatic carbocycles. The van der Waals surface area contributed by atoms with E-state index in [2.05, 4.69) is 15.0 Å². The molecule has 118 valence electrons. The number of hydrogen-bond acceptors (Lipinski definition) is 6. The van der Waals surface area contributed by atoms with E-state index in [9.17, 15) is 10.1 Å². The van der Waals surface area contributed by atoms with Crippen LogP contribution in [0.15, 0.2) is 36.7 Å². The zero-order valence-electron chi connectivity index (χ0n) is 12.5. The molecule has 1 aromatic carbocycles. The van der Waals surface area contributed by atoms with Crippen molar-refractivity contribution >= 4 is 16.9 Å². The van der Waals surface area contributed by atoms with Crippen molar-refractivity contribution in [3.8, 4) is 5.88 Å². The fourth-order valence-corrected chi connectivity index (χ4v) is 2.29. The molecule has 0 spiro atoms. The smallest absolute Gasteiger partial charge is 0.342 e. The van der Waals surface area contributed by atoms with E-state index in [-0.39, 0.29) is 5.82 Å². The van der Waals surface area contributed by atoms with Gasteiger partial charge in [-0.1, -0.05) is 12.1 Å². The molecule has 23 heavy (non-hydrogen) atoms. The van der Waals surface area contributed by atoms with Crippen LogP contribution in [0.3, 0.4) is 0 Å². The zero-order valence-corrected chi connectivity index (χ0v) is 12.5. The predicted octanol–water partition coefficient (Wildman–Crippen LogP) is 2.51. The van der Waals surface area contributed by atoms with Crippen LogP contribution in [0.5, 0.6) is 5.88 Å². The largest absolute Gasteiger partial charge is 0.476 e. The van der Waals surface area contributed by atoms with Gasteiger partial charge in [-0.25, -0.2) is 19.5 Å². The van der Waals surface area contributed by atoms with Crippen LogP contribution < -0.4 is 4.74 Å². The summed E-state index contributed by atoms with van der Waals surface area (Å²) in [6.07, 6.45) is 3.45. The maximum Gasteiger partial charge on any atom is 0.342 e. The van der Waals surface area contributed by atoms with Crippen molar-refractivity contribution in [1.82, 2.24) is 19.5 Å². The number of rotatable bonds is 6. The van der Waals surface area contributed by atoms with E-state index < -0.39 is 4.92 Å². The van der Waals surface area contributed by atoms with Gasteiger partial charge in [-0.15, -0.1) is 0 Å². The number of aryl methyl sites for hydroxylation is 1. The van der Waals surface area contributed by atoms with Crippen LogP contribution in [0.25, 0.3) is 11.0 Å². The molecule has 3 aromatic rings. The summed E-state index contributed by atoms with van der Waals surface area (Å²) < 4.78 is 7.14. The van der Waals surface area contributed by atoms with E-state index in [0.717, 1.165) is 11.0 Å². The first-order valence-corrected chi connectivity index (χ1v) is 7.16. The molecule has 0 radical (unpaired) electrons. The van der Waals surface area contributed by atoms with Crippen LogP contribution in [0.1, 0.15) is 12.2 Å². The summed E-state index contributed by atoms with van der Waals surface area (Å²) in [5.74, 6) is 1.05. The molecule has 2 heterocycles. The van der Waals surface area contributed by atoms with E-state index in [1.54, 1.807) is 17.7 Å². The average molecular weight is 313 g/mol. The molecule has 0 aliphatic heterocycles. The number of nitrogens with zero attached hydrogens (tertiary/aromatic N) is 5. The molecule has 2 aromatic heterocycles.